The second-order valence-corrected chi connectivity index (χ2v) is 12.1. The molecule has 0 saturated carbocycles. The van der Waals surface area contributed by atoms with E-state index in [4.69, 9.17) is 4.74 Å². The van der Waals surface area contributed by atoms with Crippen molar-refractivity contribution in [2.45, 2.75) is 58.1 Å². The maximum Gasteiger partial charge on any atom is 0.410 e. The highest BCUT2D eigenvalue weighted by atomic mass is 19.1. The molecule has 2 aromatic rings. The molecule has 11 nitrogen and oxygen atoms in total. The van der Waals surface area contributed by atoms with E-state index in [1.165, 1.54) is 16.2 Å². The molecule has 1 atom stereocenters. The molecule has 1 N–H and O–H groups in total. The number of carbonyl (C=O) groups excluding carboxylic acids is 3. The van der Waals surface area contributed by atoms with Crippen LogP contribution in [0, 0.1) is 11.7 Å². The molecule has 218 valence electrons. The number of imidazole rings is 1. The van der Waals surface area contributed by atoms with Crippen LogP contribution in [-0.4, -0.2) is 88.3 Å². The molecule has 3 saturated heterocycles. The summed E-state index contributed by atoms with van der Waals surface area (Å²) >= 11 is 0. The number of piperazine rings is 1. The average Bonchev–Trinajstić information content (AvgIpc) is 3.15. The first kappa shape index (κ1) is 28.1. The Labute approximate surface area is 232 Å². The van der Waals surface area contributed by atoms with Gasteiger partial charge in [-0.2, -0.15) is 0 Å². The van der Waals surface area contributed by atoms with E-state index in [0.29, 0.717) is 43.3 Å². The van der Waals surface area contributed by atoms with Crippen molar-refractivity contribution in [3.8, 4) is 0 Å². The molecule has 1 unspecified atom stereocenters. The smallest absolute Gasteiger partial charge is 0.410 e. The minimum absolute atomic E-state index is 0.133. The lowest BCUT2D eigenvalue weighted by Gasteiger charge is -2.39. The molecule has 0 radical (unpaired) electrons. The summed E-state index contributed by atoms with van der Waals surface area (Å²) in [5.74, 6) is -0.896. The fraction of sp³-hybridized carbons (Fsp3) is 0.643. The molecule has 4 heterocycles. The number of carbonyl (C=O) groups is 3. The largest absolute Gasteiger partial charge is 0.444 e. The Kier molecular flexibility index (Phi) is 7.64. The Morgan fingerprint density at radius 1 is 1.02 bits per heavy atom. The van der Waals surface area contributed by atoms with E-state index in [-0.39, 0.29) is 30.4 Å². The Morgan fingerprint density at radius 2 is 1.70 bits per heavy atom. The standard InChI is InChI=1S/C28H39FN6O5/c1-28(2,3)40-27(39)34-15-13-32(14-16-34)17-18-9-11-33(12-10-18)19-5-6-20-24(23(19)29)31(4)26(38)35(20)21-7-8-22(36)30-25(21)37/h5-6,18,21H,7-17H2,1-4H3,(H,30,36,37). The van der Waals surface area contributed by atoms with Crippen molar-refractivity contribution < 1.29 is 23.5 Å². The highest BCUT2D eigenvalue weighted by molar-refractivity contribution is 6.00. The zero-order valence-corrected chi connectivity index (χ0v) is 23.7. The third-order valence-corrected chi connectivity index (χ3v) is 8.18. The predicted molar refractivity (Wildman–Crippen MR) is 148 cm³/mol. The van der Waals surface area contributed by atoms with Crippen LogP contribution in [0.1, 0.15) is 52.5 Å². The van der Waals surface area contributed by atoms with Gasteiger partial charge in [0.05, 0.1) is 11.2 Å². The Bertz CT molecular complexity index is 1360. The van der Waals surface area contributed by atoms with Gasteiger partial charge in [-0.15, -0.1) is 0 Å². The highest BCUT2D eigenvalue weighted by Gasteiger charge is 2.33. The molecule has 0 aliphatic carbocycles. The fourth-order valence-electron chi connectivity index (χ4n) is 6.05. The second-order valence-electron chi connectivity index (χ2n) is 12.1. The topological polar surface area (TPSA) is 109 Å². The summed E-state index contributed by atoms with van der Waals surface area (Å²) in [6.07, 6.45) is 1.91. The monoisotopic (exact) mass is 558 g/mol. The Hall–Kier alpha value is -3.41. The highest BCUT2D eigenvalue weighted by Crippen LogP contribution is 2.32. The van der Waals surface area contributed by atoms with Gasteiger partial charge in [0.25, 0.3) is 0 Å². The van der Waals surface area contributed by atoms with E-state index in [1.807, 2.05) is 25.7 Å². The first-order valence-electron chi connectivity index (χ1n) is 14.1. The molecule has 1 aromatic heterocycles. The van der Waals surface area contributed by atoms with Crippen LogP contribution in [0.4, 0.5) is 14.9 Å². The number of rotatable bonds is 4. The van der Waals surface area contributed by atoms with Crippen molar-refractivity contribution in [1.82, 2.24) is 24.3 Å². The van der Waals surface area contributed by atoms with Crippen LogP contribution in [0.25, 0.3) is 11.0 Å². The van der Waals surface area contributed by atoms with Gasteiger partial charge in [-0.05, 0) is 58.1 Å². The van der Waals surface area contributed by atoms with Crippen LogP contribution >= 0.6 is 0 Å². The number of ether oxygens (including phenoxy) is 1. The average molecular weight is 559 g/mol. The second kappa shape index (κ2) is 10.9. The zero-order chi connectivity index (χ0) is 28.8. The molecule has 3 fully saturated rings. The Morgan fingerprint density at radius 3 is 2.33 bits per heavy atom. The normalized spacial score (nSPS) is 21.7. The number of hydrogen-bond donors (Lipinski definition) is 1. The summed E-state index contributed by atoms with van der Waals surface area (Å²) in [5, 5.41) is 2.28. The summed E-state index contributed by atoms with van der Waals surface area (Å²) < 4.78 is 23.9. The fourth-order valence-corrected chi connectivity index (χ4v) is 6.05. The maximum atomic E-state index is 15.9. The lowest BCUT2D eigenvalue weighted by atomic mass is 9.95. The number of aromatic nitrogens is 2. The van der Waals surface area contributed by atoms with E-state index in [0.717, 1.165) is 32.5 Å². The van der Waals surface area contributed by atoms with Gasteiger partial charge in [-0.1, -0.05) is 0 Å². The van der Waals surface area contributed by atoms with Gasteiger partial charge in [-0.25, -0.2) is 14.0 Å². The number of anilines is 1. The minimum atomic E-state index is -0.846. The van der Waals surface area contributed by atoms with E-state index in [2.05, 4.69) is 10.2 Å². The number of fused-ring (bicyclic) bond motifs is 1. The number of halogens is 1. The molecule has 0 spiro atoms. The van der Waals surface area contributed by atoms with Crippen LogP contribution in [0.15, 0.2) is 16.9 Å². The number of aryl methyl sites for hydroxylation is 1. The van der Waals surface area contributed by atoms with Gasteiger partial charge in [0, 0.05) is 59.3 Å². The van der Waals surface area contributed by atoms with Gasteiger partial charge in [0.2, 0.25) is 11.8 Å². The van der Waals surface area contributed by atoms with Crippen molar-refractivity contribution >= 4 is 34.6 Å². The summed E-state index contributed by atoms with van der Waals surface area (Å²) in [6.45, 7) is 10.9. The number of nitrogens with zero attached hydrogens (tertiary/aromatic N) is 5. The third-order valence-electron chi connectivity index (χ3n) is 8.18. The number of piperidine rings is 2. The molecule has 12 heteroatoms. The van der Waals surface area contributed by atoms with Crippen LogP contribution in [0.3, 0.4) is 0 Å². The number of hydrogen-bond acceptors (Lipinski definition) is 7. The predicted octanol–water partition coefficient (Wildman–Crippen LogP) is 2.23. The number of nitrogens with one attached hydrogen (secondary N) is 1. The van der Waals surface area contributed by atoms with Crippen molar-refractivity contribution in [1.29, 1.82) is 0 Å². The molecule has 5 rings (SSSR count). The molecule has 3 aliphatic rings. The lowest BCUT2D eigenvalue weighted by Crippen LogP contribution is -2.51. The summed E-state index contributed by atoms with van der Waals surface area (Å²) in [6, 6.07) is 2.55. The van der Waals surface area contributed by atoms with Crippen LogP contribution in [0.5, 0.6) is 0 Å². The molecule has 0 bridgehead atoms. The van der Waals surface area contributed by atoms with Crippen molar-refractivity contribution in [2.24, 2.45) is 13.0 Å². The summed E-state index contributed by atoms with van der Waals surface area (Å²) in [4.78, 5) is 55.6. The minimum Gasteiger partial charge on any atom is -0.444 e. The number of imide groups is 1. The third kappa shape index (κ3) is 5.59. The SMILES string of the molecule is Cn1c(=O)n(C2CCC(=O)NC2=O)c2ccc(N3CCC(CN4CCN(C(=O)OC(C)(C)C)CC4)CC3)c(F)c21. The van der Waals surface area contributed by atoms with Gasteiger partial charge in [-0.3, -0.25) is 28.9 Å². The van der Waals surface area contributed by atoms with E-state index in [9.17, 15) is 19.2 Å². The molecule has 1 aromatic carbocycles. The van der Waals surface area contributed by atoms with Crippen molar-refractivity contribution in [3.05, 3.63) is 28.4 Å². The first-order chi connectivity index (χ1) is 18.9. The first-order valence-corrected chi connectivity index (χ1v) is 14.1. The summed E-state index contributed by atoms with van der Waals surface area (Å²) in [7, 11) is 1.51. The van der Waals surface area contributed by atoms with E-state index >= 15 is 4.39 Å². The Balaban J connectivity index is 1.21. The summed E-state index contributed by atoms with van der Waals surface area (Å²) in [5.41, 5.74) is -0.0157. The van der Waals surface area contributed by atoms with Crippen molar-refractivity contribution in [2.75, 3.05) is 50.7 Å². The lowest BCUT2D eigenvalue weighted by molar-refractivity contribution is -0.135. The number of amides is 3. The molecule has 3 amide bonds. The van der Waals surface area contributed by atoms with Gasteiger partial charge < -0.3 is 14.5 Å². The van der Waals surface area contributed by atoms with Gasteiger partial charge in [0.1, 0.15) is 17.2 Å². The van der Waals surface area contributed by atoms with Gasteiger partial charge >= 0.3 is 11.8 Å². The van der Waals surface area contributed by atoms with E-state index < -0.39 is 29.1 Å². The quantitative estimate of drug-likeness (QED) is 0.574. The van der Waals surface area contributed by atoms with Crippen LogP contribution in [0.2, 0.25) is 0 Å². The molecule has 40 heavy (non-hydrogen) atoms. The van der Waals surface area contributed by atoms with E-state index in [1.54, 1.807) is 17.0 Å². The van der Waals surface area contributed by atoms with Gasteiger partial charge in [0.15, 0.2) is 5.82 Å². The zero-order valence-electron chi connectivity index (χ0n) is 23.7. The van der Waals surface area contributed by atoms with Crippen LogP contribution in [-0.2, 0) is 21.4 Å². The number of benzene rings is 1. The maximum absolute atomic E-state index is 15.9. The van der Waals surface area contributed by atoms with Crippen LogP contribution < -0.4 is 15.9 Å². The molecular formula is C28H39FN6O5. The molecule has 3 aliphatic heterocycles. The van der Waals surface area contributed by atoms with Crippen molar-refractivity contribution in [3.63, 3.8) is 0 Å². The molecular weight excluding hydrogens is 519 g/mol.